The van der Waals surface area contributed by atoms with Crippen LogP contribution in [0, 0.1) is 0 Å². The van der Waals surface area contributed by atoms with E-state index in [2.05, 4.69) is 15.5 Å². The Morgan fingerprint density at radius 3 is 2.22 bits per heavy atom. The Labute approximate surface area is 243 Å². The maximum atomic E-state index is 13.3. The molecule has 0 radical (unpaired) electrons. The van der Waals surface area contributed by atoms with Crippen LogP contribution < -0.4 is 10.1 Å². The number of anilines is 1. The average molecular weight is 595 g/mol. The van der Waals surface area contributed by atoms with Crippen LogP contribution in [-0.2, 0) is 36.7 Å². The molecule has 2 aromatic rings. The van der Waals surface area contributed by atoms with E-state index in [1.54, 1.807) is 60.8 Å². The minimum atomic E-state index is -1.08. The summed E-state index contributed by atoms with van der Waals surface area (Å²) in [5, 5.41) is 11.2. The summed E-state index contributed by atoms with van der Waals surface area (Å²) in [6.45, 7) is 10.5. The molecule has 41 heavy (non-hydrogen) atoms. The van der Waals surface area contributed by atoms with Crippen molar-refractivity contribution in [3.8, 4) is 5.75 Å². The smallest absolute Gasteiger partial charge is 0.497 e. The van der Waals surface area contributed by atoms with E-state index in [0.29, 0.717) is 10.8 Å². The number of hydrogen-bond donors (Lipinski definition) is 1. The molecule has 2 amide bonds. The van der Waals surface area contributed by atoms with Gasteiger partial charge in [-0.05, 0) is 65.7 Å². The second kappa shape index (κ2) is 13.3. The van der Waals surface area contributed by atoms with Crippen LogP contribution in [0.3, 0.4) is 0 Å². The largest absolute Gasteiger partial charge is 0.509 e. The number of amides is 2. The highest BCUT2D eigenvalue weighted by Crippen LogP contribution is 2.31. The molecule has 0 bridgehead atoms. The van der Waals surface area contributed by atoms with E-state index in [9.17, 15) is 14.4 Å². The van der Waals surface area contributed by atoms with Crippen LogP contribution in [0.2, 0.25) is 0 Å². The molecule has 2 heterocycles. The number of likely N-dealkylation sites (tertiary alicyclic amines) is 1. The first-order chi connectivity index (χ1) is 19.2. The van der Waals surface area contributed by atoms with Crippen molar-refractivity contribution in [1.29, 1.82) is 0 Å². The molecule has 226 valence electrons. The summed E-state index contributed by atoms with van der Waals surface area (Å²) < 4.78 is 32.7. The van der Waals surface area contributed by atoms with Gasteiger partial charge in [-0.1, -0.05) is 23.5 Å². The van der Waals surface area contributed by atoms with Crippen molar-refractivity contribution in [2.75, 3.05) is 26.1 Å². The third-order valence-electron chi connectivity index (χ3n) is 5.58. The van der Waals surface area contributed by atoms with Gasteiger partial charge in [0.05, 0.1) is 19.7 Å². The third-order valence-corrected chi connectivity index (χ3v) is 6.39. The summed E-state index contributed by atoms with van der Waals surface area (Å²) in [7, 11) is 3.08. The zero-order valence-corrected chi connectivity index (χ0v) is 25.4. The van der Waals surface area contributed by atoms with Gasteiger partial charge >= 0.3 is 18.3 Å². The Morgan fingerprint density at radius 1 is 0.976 bits per heavy atom. The van der Waals surface area contributed by atoms with Crippen LogP contribution >= 0.6 is 11.3 Å². The fourth-order valence-electron chi connectivity index (χ4n) is 4.00. The second-order valence-corrected chi connectivity index (χ2v) is 12.4. The van der Waals surface area contributed by atoms with Gasteiger partial charge in [-0.25, -0.2) is 14.4 Å². The van der Waals surface area contributed by atoms with Crippen LogP contribution in [0.15, 0.2) is 24.3 Å². The van der Waals surface area contributed by atoms with Gasteiger partial charge in [-0.3, -0.25) is 10.2 Å². The predicted molar refractivity (Wildman–Crippen MR) is 149 cm³/mol. The summed E-state index contributed by atoms with van der Waals surface area (Å²) >= 11 is 1.12. The molecule has 13 nitrogen and oxygen atoms in total. The first-order valence-electron chi connectivity index (χ1n) is 13.0. The molecule has 0 saturated carbocycles. The molecule has 3 atom stereocenters. The zero-order valence-electron chi connectivity index (χ0n) is 24.6. The fourth-order valence-corrected chi connectivity index (χ4v) is 4.70. The van der Waals surface area contributed by atoms with Crippen LogP contribution in [0.5, 0.6) is 5.75 Å². The normalized spacial score (nSPS) is 18.9. The van der Waals surface area contributed by atoms with E-state index in [1.807, 2.05) is 12.1 Å². The molecule has 0 aliphatic carbocycles. The van der Waals surface area contributed by atoms with Crippen molar-refractivity contribution < 1.29 is 42.8 Å². The van der Waals surface area contributed by atoms with Gasteiger partial charge < -0.3 is 28.4 Å². The highest BCUT2D eigenvalue weighted by atomic mass is 32.1. The van der Waals surface area contributed by atoms with Crippen molar-refractivity contribution in [3.63, 3.8) is 0 Å². The Hall–Kier alpha value is -3.65. The summed E-state index contributed by atoms with van der Waals surface area (Å²) in [5.74, 6) is 0.660. The minimum absolute atomic E-state index is 0.0935. The molecule has 14 heteroatoms. The maximum Gasteiger partial charge on any atom is 0.509 e. The lowest BCUT2D eigenvalue weighted by Crippen LogP contribution is -2.45. The molecule has 0 unspecified atom stereocenters. The minimum Gasteiger partial charge on any atom is -0.497 e. The molecule has 0 spiro atoms. The fraction of sp³-hybridized carbons (Fsp3) is 0.593. The first-order valence-corrected chi connectivity index (χ1v) is 13.8. The summed E-state index contributed by atoms with van der Waals surface area (Å²) in [6, 6.07) is 6.49. The number of nitrogens with zero attached hydrogens (tertiary/aromatic N) is 3. The van der Waals surface area contributed by atoms with E-state index in [0.717, 1.165) is 16.9 Å². The first kappa shape index (κ1) is 31.9. The van der Waals surface area contributed by atoms with E-state index in [1.165, 1.54) is 12.0 Å². The van der Waals surface area contributed by atoms with Gasteiger partial charge in [-0.2, -0.15) is 0 Å². The highest BCUT2D eigenvalue weighted by molar-refractivity contribution is 7.15. The standard InChI is InChI=1S/C27H38N4O9S/c1-26(2,3)39-24(33)31-14-19(37-25(34)40-27(4,5)6)21(18(31)13-16-9-11-17(36-8)12-10-16)38-23(32)28-22-30-29-20(41-22)15-35-7/h9-12,18-19,21H,13-15H2,1-8H3,(H,28,30,32)/t18-,19+,21+/m1/s1. The SMILES string of the molecule is COCc1nnc(NC(=O)O[C@@H]2[C@@H](OC(=O)OC(C)(C)C)CN(C(=O)OC(C)(C)C)[C@@H]2Cc2ccc(OC)cc2)s1. The maximum absolute atomic E-state index is 13.3. The number of benzene rings is 1. The van der Waals surface area contributed by atoms with Crippen molar-refractivity contribution in [3.05, 3.63) is 34.8 Å². The van der Waals surface area contributed by atoms with E-state index in [4.69, 9.17) is 28.4 Å². The van der Waals surface area contributed by atoms with Crippen LogP contribution in [0.4, 0.5) is 19.5 Å². The Morgan fingerprint density at radius 2 is 1.63 bits per heavy atom. The van der Waals surface area contributed by atoms with Crippen LogP contribution in [-0.4, -0.2) is 83.7 Å². The lowest BCUT2D eigenvalue weighted by atomic mass is 10.0. The number of methoxy groups -OCH3 is 2. The molecule has 3 rings (SSSR count). The lowest BCUT2D eigenvalue weighted by Gasteiger charge is -2.30. The monoisotopic (exact) mass is 594 g/mol. The molecule has 1 aromatic carbocycles. The van der Waals surface area contributed by atoms with Crippen molar-refractivity contribution in [1.82, 2.24) is 15.1 Å². The average Bonchev–Trinajstić information content (AvgIpc) is 3.42. The topological polar surface area (TPSA) is 148 Å². The van der Waals surface area contributed by atoms with Gasteiger partial charge in [0.15, 0.2) is 12.2 Å². The second-order valence-electron chi connectivity index (χ2n) is 11.3. The number of nitrogens with one attached hydrogen (secondary N) is 1. The van der Waals surface area contributed by atoms with Crippen molar-refractivity contribution >= 4 is 34.8 Å². The number of ether oxygens (including phenoxy) is 6. The predicted octanol–water partition coefficient (Wildman–Crippen LogP) is 4.79. The quantitative estimate of drug-likeness (QED) is 0.332. The molecule has 1 saturated heterocycles. The molecule has 1 aliphatic heterocycles. The molecule has 1 aromatic heterocycles. The Bertz CT molecular complexity index is 1190. The molecule has 1 N–H and O–H groups in total. The molecular weight excluding hydrogens is 556 g/mol. The van der Waals surface area contributed by atoms with Crippen LogP contribution in [0.1, 0.15) is 52.1 Å². The van der Waals surface area contributed by atoms with Gasteiger partial charge in [-0.15, -0.1) is 10.2 Å². The molecular formula is C27H38N4O9S. The van der Waals surface area contributed by atoms with E-state index in [-0.39, 0.29) is 24.7 Å². The third kappa shape index (κ3) is 9.74. The van der Waals surface area contributed by atoms with Gasteiger partial charge in [0.1, 0.15) is 28.6 Å². The highest BCUT2D eigenvalue weighted by Gasteiger charge is 2.50. The number of rotatable bonds is 8. The van der Waals surface area contributed by atoms with Gasteiger partial charge in [0.2, 0.25) is 5.13 Å². The van der Waals surface area contributed by atoms with E-state index < -0.39 is 47.8 Å². The molecule has 1 fully saturated rings. The Kier molecular flexibility index (Phi) is 10.4. The van der Waals surface area contributed by atoms with Crippen molar-refractivity contribution in [2.45, 2.75) is 84.0 Å². The van der Waals surface area contributed by atoms with Gasteiger partial charge in [0, 0.05) is 7.11 Å². The summed E-state index contributed by atoms with van der Waals surface area (Å²) in [6.07, 6.45) is -4.34. The molecule has 1 aliphatic rings. The summed E-state index contributed by atoms with van der Waals surface area (Å²) in [5.41, 5.74) is -0.795. The van der Waals surface area contributed by atoms with E-state index >= 15 is 0 Å². The zero-order chi connectivity index (χ0) is 30.4. The number of carbonyl (C=O) groups is 3. The van der Waals surface area contributed by atoms with Crippen LogP contribution in [0.25, 0.3) is 0 Å². The van der Waals surface area contributed by atoms with Gasteiger partial charge in [0.25, 0.3) is 0 Å². The lowest BCUT2D eigenvalue weighted by molar-refractivity contribution is -0.0503. The Balaban J connectivity index is 1.91. The number of carbonyl (C=O) groups excluding carboxylic acids is 3. The summed E-state index contributed by atoms with van der Waals surface area (Å²) in [4.78, 5) is 40.4. The number of aromatic nitrogens is 2. The van der Waals surface area contributed by atoms with Crippen molar-refractivity contribution in [2.24, 2.45) is 0 Å². The number of hydrogen-bond acceptors (Lipinski definition) is 12.